The molecule has 1 aromatic carbocycles. The van der Waals surface area contributed by atoms with Gasteiger partial charge in [0.05, 0.1) is 22.8 Å². The van der Waals surface area contributed by atoms with Crippen molar-refractivity contribution >= 4 is 39.5 Å². The first kappa shape index (κ1) is 29.0. The Kier molecular flexibility index (Phi) is 8.09. The van der Waals surface area contributed by atoms with Crippen LogP contribution in [-0.2, 0) is 29.1 Å². The topological polar surface area (TPSA) is 151 Å². The highest BCUT2D eigenvalue weighted by molar-refractivity contribution is 7.91. The molecule has 1 heterocycles. The number of rotatable bonds is 5. The SMILES string of the molecule is CN1CCCC/C=C\C2CC2(C(=O)NS(=O)(=O)C2CC2)NC(=O)C2CC(OC(=O)Nc3ccccc3F)CC2C1=O. The number of hydrogen-bond donors (Lipinski definition) is 3. The molecule has 0 saturated heterocycles. The third-order valence-electron chi connectivity index (χ3n) is 8.38. The van der Waals surface area contributed by atoms with Crippen molar-refractivity contribution in [1.29, 1.82) is 0 Å². The van der Waals surface area contributed by atoms with E-state index in [1.807, 2.05) is 12.2 Å². The quantitative estimate of drug-likeness (QED) is 0.446. The van der Waals surface area contributed by atoms with Crippen molar-refractivity contribution in [3.8, 4) is 0 Å². The molecule has 3 fully saturated rings. The van der Waals surface area contributed by atoms with Crippen molar-refractivity contribution < 1.29 is 36.7 Å². The summed E-state index contributed by atoms with van der Waals surface area (Å²) in [4.78, 5) is 54.6. The van der Waals surface area contributed by atoms with E-state index >= 15 is 0 Å². The number of nitrogens with one attached hydrogen (secondary N) is 3. The summed E-state index contributed by atoms with van der Waals surface area (Å²) in [5.74, 6) is -4.41. The average molecular weight is 591 g/mol. The molecule has 5 unspecified atom stereocenters. The fourth-order valence-electron chi connectivity index (χ4n) is 5.74. The number of amides is 4. The zero-order valence-corrected chi connectivity index (χ0v) is 23.6. The predicted octanol–water partition coefficient (Wildman–Crippen LogP) is 2.45. The van der Waals surface area contributed by atoms with Crippen molar-refractivity contribution in [2.75, 3.05) is 18.9 Å². The van der Waals surface area contributed by atoms with Crippen molar-refractivity contribution in [2.24, 2.45) is 17.8 Å². The second-order valence-corrected chi connectivity index (χ2v) is 13.4. The molecular weight excluding hydrogens is 555 g/mol. The Labute approximate surface area is 238 Å². The van der Waals surface area contributed by atoms with Crippen LogP contribution in [-0.4, -0.2) is 67.6 Å². The molecule has 4 amide bonds. The minimum Gasteiger partial charge on any atom is -0.446 e. The number of ether oxygens (including phenoxy) is 1. The molecule has 3 aliphatic carbocycles. The van der Waals surface area contributed by atoms with E-state index in [2.05, 4.69) is 15.4 Å². The summed E-state index contributed by atoms with van der Waals surface area (Å²) in [7, 11) is -2.18. The van der Waals surface area contributed by atoms with Gasteiger partial charge in [-0.2, -0.15) is 0 Å². The molecule has 222 valence electrons. The van der Waals surface area contributed by atoms with Crippen LogP contribution in [0.1, 0.15) is 51.4 Å². The third-order valence-corrected chi connectivity index (χ3v) is 10.2. The molecule has 0 radical (unpaired) electrons. The molecule has 0 aromatic heterocycles. The second kappa shape index (κ2) is 11.4. The summed E-state index contributed by atoms with van der Waals surface area (Å²) in [5.41, 5.74) is -1.51. The highest BCUT2D eigenvalue weighted by Crippen LogP contribution is 2.47. The molecular formula is C28H35FN4O7S. The number of fused-ring (bicyclic) bond motifs is 2. The lowest BCUT2D eigenvalue weighted by molar-refractivity contribution is -0.140. The molecule has 3 saturated carbocycles. The maximum Gasteiger partial charge on any atom is 0.411 e. The Hall–Kier alpha value is -3.48. The van der Waals surface area contributed by atoms with Crippen LogP contribution in [0.25, 0.3) is 0 Å². The van der Waals surface area contributed by atoms with Crippen LogP contribution in [0.3, 0.4) is 0 Å². The van der Waals surface area contributed by atoms with E-state index in [4.69, 9.17) is 4.74 Å². The molecule has 4 aliphatic rings. The molecule has 0 bridgehead atoms. The van der Waals surface area contributed by atoms with Crippen molar-refractivity contribution in [3.05, 3.63) is 42.2 Å². The van der Waals surface area contributed by atoms with Gasteiger partial charge in [0.25, 0.3) is 5.91 Å². The van der Waals surface area contributed by atoms with Gasteiger partial charge in [0.15, 0.2) is 0 Å². The number of sulfonamides is 1. The number of benzene rings is 1. The van der Waals surface area contributed by atoms with Gasteiger partial charge in [-0.1, -0.05) is 24.3 Å². The molecule has 1 aliphatic heterocycles. The molecule has 11 nitrogen and oxygen atoms in total. The van der Waals surface area contributed by atoms with Gasteiger partial charge in [-0.05, 0) is 63.5 Å². The van der Waals surface area contributed by atoms with E-state index < -0.39 is 62.5 Å². The lowest BCUT2D eigenvalue weighted by Gasteiger charge is -2.26. The number of allylic oxidation sites excluding steroid dienone is 1. The first-order valence-corrected chi connectivity index (χ1v) is 15.6. The third kappa shape index (κ3) is 6.39. The van der Waals surface area contributed by atoms with Crippen LogP contribution in [0.2, 0.25) is 0 Å². The zero-order valence-electron chi connectivity index (χ0n) is 22.8. The van der Waals surface area contributed by atoms with Crippen LogP contribution >= 0.6 is 0 Å². The molecule has 5 rings (SSSR count). The maximum absolute atomic E-state index is 14.0. The maximum atomic E-state index is 14.0. The van der Waals surface area contributed by atoms with E-state index in [9.17, 15) is 32.0 Å². The van der Waals surface area contributed by atoms with Gasteiger partial charge in [-0.15, -0.1) is 0 Å². The van der Waals surface area contributed by atoms with Crippen LogP contribution in [0, 0.1) is 23.6 Å². The van der Waals surface area contributed by atoms with Gasteiger partial charge >= 0.3 is 6.09 Å². The standard InChI is InChI=1S/C28H35FN4O7S/c1-33-13-7-3-2-4-8-17-16-28(17,26(36)32-41(38,39)19-11-12-19)31-24(34)20-14-18(15-21(20)25(33)35)40-27(37)30-23-10-6-5-9-22(23)29/h4-6,8-10,17-21H,2-3,7,11-16H2,1H3,(H,30,37)(H,31,34)(H,32,36)/b8-4-. The first-order chi connectivity index (χ1) is 19.5. The number of anilines is 1. The number of para-hydroxylation sites is 1. The van der Waals surface area contributed by atoms with Crippen molar-refractivity contribution in [3.63, 3.8) is 0 Å². The summed E-state index contributed by atoms with van der Waals surface area (Å²) in [6, 6.07) is 5.60. The lowest BCUT2D eigenvalue weighted by Crippen LogP contribution is -2.54. The molecule has 13 heteroatoms. The Balaban J connectivity index is 1.35. The number of halogens is 1. The molecule has 0 spiro atoms. The van der Waals surface area contributed by atoms with Crippen LogP contribution in [0.5, 0.6) is 0 Å². The van der Waals surface area contributed by atoms with E-state index in [0.29, 0.717) is 25.8 Å². The Morgan fingerprint density at radius 1 is 1.12 bits per heavy atom. The number of carbonyl (C=O) groups excluding carboxylic acids is 4. The Bertz CT molecular complexity index is 1360. The monoisotopic (exact) mass is 590 g/mol. The van der Waals surface area contributed by atoms with Gasteiger partial charge in [0.1, 0.15) is 17.5 Å². The first-order valence-electron chi connectivity index (χ1n) is 14.0. The molecule has 1 aromatic rings. The predicted molar refractivity (Wildman–Crippen MR) is 146 cm³/mol. The molecule has 3 N–H and O–H groups in total. The van der Waals surface area contributed by atoms with E-state index in [-0.39, 0.29) is 36.8 Å². The smallest absolute Gasteiger partial charge is 0.411 e. The second-order valence-electron chi connectivity index (χ2n) is 11.4. The lowest BCUT2D eigenvalue weighted by atomic mass is 9.93. The Morgan fingerprint density at radius 3 is 2.59 bits per heavy atom. The summed E-state index contributed by atoms with van der Waals surface area (Å²) in [6.07, 6.45) is 5.57. The Morgan fingerprint density at radius 2 is 1.85 bits per heavy atom. The number of nitrogens with zero attached hydrogens (tertiary/aromatic N) is 1. The normalized spacial score (nSPS) is 31.1. The van der Waals surface area contributed by atoms with Crippen molar-refractivity contribution in [1.82, 2.24) is 14.9 Å². The van der Waals surface area contributed by atoms with Gasteiger partial charge < -0.3 is 15.0 Å². The van der Waals surface area contributed by atoms with Gasteiger partial charge in [-0.3, -0.25) is 24.4 Å². The van der Waals surface area contributed by atoms with Gasteiger partial charge in [0.2, 0.25) is 21.8 Å². The van der Waals surface area contributed by atoms with Gasteiger partial charge in [0, 0.05) is 19.5 Å². The largest absolute Gasteiger partial charge is 0.446 e. The van der Waals surface area contributed by atoms with E-state index in [1.54, 1.807) is 18.0 Å². The fraction of sp³-hybridized carbons (Fsp3) is 0.571. The summed E-state index contributed by atoms with van der Waals surface area (Å²) in [6.45, 7) is 0.492. The van der Waals surface area contributed by atoms with E-state index in [0.717, 1.165) is 12.8 Å². The highest BCUT2D eigenvalue weighted by Gasteiger charge is 2.62. The minimum atomic E-state index is -3.84. The van der Waals surface area contributed by atoms with Crippen LogP contribution in [0.15, 0.2) is 36.4 Å². The number of carbonyl (C=O) groups is 4. The summed E-state index contributed by atoms with van der Waals surface area (Å²) >= 11 is 0. The molecule has 5 atom stereocenters. The van der Waals surface area contributed by atoms with Crippen molar-refractivity contribution in [2.45, 2.75) is 68.3 Å². The van der Waals surface area contributed by atoms with Crippen LogP contribution < -0.4 is 15.4 Å². The van der Waals surface area contributed by atoms with E-state index in [1.165, 1.54) is 18.2 Å². The summed E-state index contributed by atoms with van der Waals surface area (Å²) < 4.78 is 46.7. The molecule has 41 heavy (non-hydrogen) atoms. The van der Waals surface area contributed by atoms with Crippen LogP contribution in [0.4, 0.5) is 14.9 Å². The summed E-state index contributed by atoms with van der Waals surface area (Å²) in [5, 5.41) is 4.53. The van der Waals surface area contributed by atoms with Gasteiger partial charge in [-0.25, -0.2) is 17.6 Å². The average Bonchev–Trinajstić information content (AvgIpc) is 3.84. The fourth-order valence-corrected chi connectivity index (χ4v) is 7.11. The zero-order chi connectivity index (χ0) is 29.4. The highest BCUT2D eigenvalue weighted by atomic mass is 32.2. The minimum absolute atomic E-state index is 0.0132. The number of hydrogen-bond acceptors (Lipinski definition) is 7.